The summed E-state index contributed by atoms with van der Waals surface area (Å²) in [6, 6.07) is 15.0. The Balaban J connectivity index is 1.52. The van der Waals surface area contributed by atoms with Crippen LogP contribution < -0.4 is 21.3 Å². The fraction of sp³-hybridized carbons (Fsp3) is 0.269. The summed E-state index contributed by atoms with van der Waals surface area (Å²) in [5.74, 6) is 0.532. The molecule has 1 amide bonds. The number of aryl methyl sites for hydroxylation is 2. The Bertz CT molecular complexity index is 1450. The van der Waals surface area contributed by atoms with Gasteiger partial charge in [0, 0.05) is 18.7 Å². The number of aromatic nitrogens is 2. The van der Waals surface area contributed by atoms with Gasteiger partial charge in [-0.2, -0.15) is 0 Å². The fourth-order valence-electron chi connectivity index (χ4n) is 3.97. The molecule has 0 aliphatic heterocycles. The molecule has 0 radical (unpaired) electrons. The second-order valence-electron chi connectivity index (χ2n) is 8.27. The molecule has 0 saturated carbocycles. The van der Waals surface area contributed by atoms with Gasteiger partial charge in [-0.15, -0.1) is 11.3 Å². The highest BCUT2D eigenvalue weighted by molar-refractivity contribution is 7.17. The summed E-state index contributed by atoms with van der Waals surface area (Å²) in [6.07, 6.45) is 0.565. The molecule has 4 aromatic rings. The first-order valence-electron chi connectivity index (χ1n) is 11.1. The summed E-state index contributed by atoms with van der Waals surface area (Å²) < 4.78 is 8.57. The van der Waals surface area contributed by atoms with Gasteiger partial charge in [-0.05, 0) is 67.1 Å². The first-order valence-corrected chi connectivity index (χ1v) is 12.0. The van der Waals surface area contributed by atoms with Crippen molar-refractivity contribution in [1.29, 1.82) is 0 Å². The number of benzene rings is 2. The van der Waals surface area contributed by atoms with Gasteiger partial charge >= 0.3 is 5.69 Å². The molecule has 4 rings (SSSR count). The van der Waals surface area contributed by atoms with Crippen LogP contribution in [0.1, 0.15) is 29.5 Å². The molecule has 8 heteroatoms. The van der Waals surface area contributed by atoms with Crippen LogP contribution in [-0.4, -0.2) is 22.2 Å². The van der Waals surface area contributed by atoms with Crippen molar-refractivity contribution < 1.29 is 9.53 Å². The average molecular weight is 478 g/mol. The summed E-state index contributed by atoms with van der Waals surface area (Å²) in [5.41, 5.74) is 3.95. The summed E-state index contributed by atoms with van der Waals surface area (Å²) in [7, 11) is 1.58. The second-order valence-corrected chi connectivity index (χ2v) is 9.19. The van der Waals surface area contributed by atoms with Crippen LogP contribution in [0.2, 0.25) is 0 Å². The van der Waals surface area contributed by atoms with Crippen molar-refractivity contribution in [3.05, 3.63) is 91.4 Å². The van der Waals surface area contributed by atoms with Gasteiger partial charge in [0.25, 0.3) is 5.56 Å². The number of methoxy groups -OCH3 is 1. The predicted molar refractivity (Wildman–Crippen MR) is 136 cm³/mol. The maximum Gasteiger partial charge on any atom is 0.331 e. The summed E-state index contributed by atoms with van der Waals surface area (Å²) >= 11 is 1.33. The highest BCUT2D eigenvalue weighted by Crippen LogP contribution is 2.19. The van der Waals surface area contributed by atoms with Crippen molar-refractivity contribution in [3.63, 3.8) is 0 Å². The Kier molecular flexibility index (Phi) is 6.98. The zero-order chi connectivity index (χ0) is 24.2. The number of carbonyl (C=O) groups excluding carboxylic acids is 1. The van der Waals surface area contributed by atoms with E-state index in [-0.39, 0.29) is 30.1 Å². The molecule has 0 atom stereocenters. The van der Waals surface area contributed by atoms with Crippen LogP contribution in [0, 0.1) is 13.8 Å². The van der Waals surface area contributed by atoms with E-state index in [1.165, 1.54) is 15.9 Å². The van der Waals surface area contributed by atoms with Crippen molar-refractivity contribution >= 4 is 33.1 Å². The van der Waals surface area contributed by atoms with Crippen LogP contribution in [0.5, 0.6) is 5.75 Å². The Labute approximate surface area is 201 Å². The Morgan fingerprint density at radius 3 is 2.50 bits per heavy atom. The van der Waals surface area contributed by atoms with E-state index in [0.717, 1.165) is 16.7 Å². The highest BCUT2D eigenvalue weighted by Gasteiger charge is 2.15. The zero-order valence-electron chi connectivity index (χ0n) is 19.5. The molecule has 0 fully saturated rings. The van der Waals surface area contributed by atoms with Crippen LogP contribution in [0.4, 0.5) is 5.69 Å². The number of nitrogens with zero attached hydrogens (tertiary/aromatic N) is 2. The molecule has 0 saturated heterocycles. The highest BCUT2D eigenvalue weighted by atomic mass is 32.1. The van der Waals surface area contributed by atoms with Crippen LogP contribution in [0.25, 0.3) is 10.2 Å². The number of nitrogens with one attached hydrogen (secondary N) is 1. The maximum atomic E-state index is 13.3. The number of amides is 1. The smallest absolute Gasteiger partial charge is 0.331 e. The maximum absolute atomic E-state index is 13.3. The van der Waals surface area contributed by atoms with Gasteiger partial charge in [0.15, 0.2) is 0 Å². The molecule has 0 aliphatic rings. The standard InChI is InChI=1S/C26H27N3O4S/c1-17-6-7-19(18(2)15-17)16-29-22-12-14-34-24(22)25(31)28(26(29)32)13-4-5-23(30)27-20-8-10-21(33-3)11-9-20/h6-12,14-15H,4-5,13,16H2,1-3H3,(H,27,30). The van der Waals surface area contributed by atoms with E-state index in [9.17, 15) is 14.4 Å². The van der Waals surface area contributed by atoms with Crippen molar-refractivity contribution in [3.8, 4) is 5.75 Å². The molecule has 0 unspecified atom stereocenters. The molecule has 0 bridgehead atoms. The lowest BCUT2D eigenvalue weighted by Gasteiger charge is -2.14. The van der Waals surface area contributed by atoms with E-state index in [4.69, 9.17) is 4.74 Å². The van der Waals surface area contributed by atoms with Crippen molar-refractivity contribution in [1.82, 2.24) is 9.13 Å². The number of hydrogen-bond acceptors (Lipinski definition) is 5. The molecular formula is C26H27N3O4S. The predicted octanol–water partition coefficient (Wildman–Crippen LogP) is 4.32. The zero-order valence-corrected chi connectivity index (χ0v) is 20.3. The summed E-state index contributed by atoms with van der Waals surface area (Å²) in [4.78, 5) is 38.7. The molecule has 176 valence electrons. The van der Waals surface area contributed by atoms with Crippen molar-refractivity contribution in [2.24, 2.45) is 0 Å². The second kappa shape index (κ2) is 10.1. The van der Waals surface area contributed by atoms with E-state index < -0.39 is 0 Å². The topological polar surface area (TPSA) is 82.3 Å². The lowest BCUT2D eigenvalue weighted by molar-refractivity contribution is -0.116. The third kappa shape index (κ3) is 4.97. The summed E-state index contributed by atoms with van der Waals surface area (Å²) in [5, 5.41) is 4.66. The van der Waals surface area contributed by atoms with Gasteiger partial charge in [-0.3, -0.25) is 18.7 Å². The number of hydrogen-bond donors (Lipinski definition) is 1. The van der Waals surface area contributed by atoms with Gasteiger partial charge < -0.3 is 10.1 Å². The average Bonchev–Trinajstić information content (AvgIpc) is 3.31. The van der Waals surface area contributed by atoms with Crippen LogP contribution in [-0.2, 0) is 17.9 Å². The Morgan fingerprint density at radius 2 is 1.79 bits per heavy atom. The molecule has 2 aromatic heterocycles. The first-order chi connectivity index (χ1) is 16.4. The van der Waals surface area contributed by atoms with Crippen molar-refractivity contribution in [2.75, 3.05) is 12.4 Å². The summed E-state index contributed by atoms with van der Waals surface area (Å²) in [6.45, 7) is 4.62. The molecule has 0 aliphatic carbocycles. The molecule has 2 heterocycles. The van der Waals surface area contributed by atoms with Crippen LogP contribution in [0.15, 0.2) is 63.5 Å². The largest absolute Gasteiger partial charge is 0.497 e. The molecule has 0 spiro atoms. The normalized spacial score (nSPS) is 11.0. The van der Waals surface area contributed by atoms with Crippen molar-refractivity contribution in [2.45, 2.75) is 39.8 Å². The number of anilines is 1. The minimum absolute atomic E-state index is 0.175. The Hall–Kier alpha value is -3.65. The third-order valence-corrected chi connectivity index (χ3v) is 6.71. The number of rotatable bonds is 8. The van der Waals surface area contributed by atoms with E-state index >= 15 is 0 Å². The monoisotopic (exact) mass is 477 g/mol. The Morgan fingerprint density at radius 1 is 1.03 bits per heavy atom. The number of carbonyl (C=O) groups is 1. The third-order valence-electron chi connectivity index (χ3n) is 5.82. The lowest BCUT2D eigenvalue weighted by Crippen LogP contribution is -2.40. The molecule has 1 N–H and O–H groups in total. The number of ether oxygens (including phenoxy) is 1. The van der Waals surface area contributed by atoms with E-state index in [2.05, 4.69) is 11.4 Å². The van der Waals surface area contributed by atoms with Gasteiger partial charge in [0.2, 0.25) is 5.91 Å². The van der Waals surface area contributed by atoms with E-state index in [1.54, 1.807) is 35.9 Å². The number of fused-ring (bicyclic) bond motifs is 1. The SMILES string of the molecule is COc1ccc(NC(=O)CCCn2c(=O)c3sccc3n(Cc3ccc(C)cc3C)c2=O)cc1. The van der Waals surface area contributed by atoms with Gasteiger partial charge in [0.05, 0.1) is 19.2 Å². The molecule has 34 heavy (non-hydrogen) atoms. The number of thiophene rings is 1. The molecular weight excluding hydrogens is 450 g/mol. The fourth-order valence-corrected chi connectivity index (χ4v) is 4.82. The first kappa shape index (κ1) is 23.5. The quantitative estimate of drug-likeness (QED) is 0.410. The van der Waals surface area contributed by atoms with Gasteiger partial charge in [-0.25, -0.2) is 4.79 Å². The van der Waals surface area contributed by atoms with E-state index in [0.29, 0.717) is 34.6 Å². The van der Waals surface area contributed by atoms with Gasteiger partial charge in [0.1, 0.15) is 10.4 Å². The van der Waals surface area contributed by atoms with Crippen LogP contribution >= 0.6 is 11.3 Å². The minimum atomic E-state index is -0.355. The van der Waals surface area contributed by atoms with Crippen LogP contribution in [0.3, 0.4) is 0 Å². The molecule has 7 nitrogen and oxygen atoms in total. The van der Waals surface area contributed by atoms with E-state index in [1.807, 2.05) is 37.4 Å². The molecule has 2 aromatic carbocycles. The lowest BCUT2D eigenvalue weighted by atomic mass is 10.1. The van der Waals surface area contributed by atoms with Gasteiger partial charge in [-0.1, -0.05) is 23.8 Å². The minimum Gasteiger partial charge on any atom is -0.497 e.